The first-order valence-electron chi connectivity index (χ1n) is 7.21. The highest BCUT2D eigenvalue weighted by Crippen LogP contribution is 2.36. The van der Waals surface area contributed by atoms with Crippen LogP contribution >= 0.6 is 11.3 Å². The van der Waals surface area contributed by atoms with E-state index >= 15 is 0 Å². The van der Waals surface area contributed by atoms with E-state index in [4.69, 9.17) is 4.74 Å². The molecular weight excluding hydrogens is 296 g/mol. The third kappa shape index (κ3) is 2.20. The van der Waals surface area contributed by atoms with Gasteiger partial charge in [0.05, 0.1) is 30.7 Å². The number of thiazole rings is 1. The van der Waals surface area contributed by atoms with E-state index in [9.17, 15) is 0 Å². The Hall–Kier alpha value is -2.18. The van der Waals surface area contributed by atoms with Crippen molar-refractivity contribution in [2.24, 2.45) is 0 Å². The second-order valence-electron chi connectivity index (χ2n) is 5.17. The average molecular weight is 312 g/mol. The van der Waals surface area contributed by atoms with Gasteiger partial charge in [0.25, 0.3) is 0 Å². The molecule has 2 N–H and O–H groups in total. The first-order chi connectivity index (χ1) is 10.9. The van der Waals surface area contributed by atoms with Crippen LogP contribution in [0.5, 0.6) is 5.75 Å². The maximum atomic E-state index is 5.43. The van der Waals surface area contributed by atoms with Crippen LogP contribution in [-0.2, 0) is 6.42 Å². The van der Waals surface area contributed by atoms with Crippen LogP contribution in [0.3, 0.4) is 0 Å². The quantitative estimate of drug-likeness (QED) is 0.780. The number of hydrogen-bond donors (Lipinski definition) is 2. The van der Waals surface area contributed by atoms with Gasteiger partial charge in [-0.25, -0.2) is 9.97 Å². The molecule has 1 aliphatic heterocycles. The van der Waals surface area contributed by atoms with Gasteiger partial charge in [0.2, 0.25) is 0 Å². The zero-order chi connectivity index (χ0) is 14.9. The average Bonchev–Trinajstić information content (AvgIpc) is 3.23. The van der Waals surface area contributed by atoms with Crippen LogP contribution in [-0.4, -0.2) is 28.6 Å². The third-order valence-corrected chi connectivity index (χ3v) is 4.99. The van der Waals surface area contributed by atoms with E-state index < -0.39 is 0 Å². The second kappa shape index (κ2) is 5.55. The Morgan fingerprint density at radius 2 is 2.18 bits per heavy atom. The maximum Gasteiger partial charge on any atom is 0.129 e. The Kier molecular flexibility index (Phi) is 3.40. The standard InChI is InChI=1S/C16H16N4OS/c1-21-12-5-3-2-4-10(12)16-18-8-13(22-16)15-14-11(6-7-17-15)19-9-20-14/h2-5,8-9,15,17H,6-7H2,1H3,(H,19,20). The topological polar surface area (TPSA) is 62.8 Å². The fourth-order valence-corrected chi connectivity index (χ4v) is 3.85. The van der Waals surface area contributed by atoms with Gasteiger partial charge in [0.1, 0.15) is 10.8 Å². The molecule has 1 atom stereocenters. The number of ether oxygens (including phenoxy) is 1. The molecule has 4 rings (SSSR count). The second-order valence-corrected chi connectivity index (χ2v) is 6.23. The molecule has 1 unspecified atom stereocenters. The summed E-state index contributed by atoms with van der Waals surface area (Å²) in [5.74, 6) is 0.848. The number of fused-ring (bicyclic) bond motifs is 1. The Morgan fingerprint density at radius 3 is 3.09 bits per heavy atom. The van der Waals surface area contributed by atoms with E-state index in [0.717, 1.165) is 35.0 Å². The van der Waals surface area contributed by atoms with E-state index in [-0.39, 0.29) is 6.04 Å². The van der Waals surface area contributed by atoms with Gasteiger partial charge in [-0.2, -0.15) is 0 Å². The molecule has 3 heterocycles. The number of nitrogens with zero attached hydrogens (tertiary/aromatic N) is 2. The number of H-pyrrole nitrogens is 1. The van der Waals surface area contributed by atoms with E-state index in [1.807, 2.05) is 30.5 Å². The number of aromatic amines is 1. The number of aromatic nitrogens is 3. The van der Waals surface area contributed by atoms with Crippen LogP contribution in [0.1, 0.15) is 22.3 Å². The van der Waals surface area contributed by atoms with Crippen molar-refractivity contribution >= 4 is 11.3 Å². The summed E-state index contributed by atoms with van der Waals surface area (Å²) in [5, 5.41) is 4.50. The van der Waals surface area contributed by atoms with Crippen molar-refractivity contribution < 1.29 is 4.74 Å². The molecule has 22 heavy (non-hydrogen) atoms. The van der Waals surface area contributed by atoms with Gasteiger partial charge < -0.3 is 15.0 Å². The predicted octanol–water partition coefficient (Wildman–Crippen LogP) is 2.78. The molecule has 3 aromatic rings. The highest BCUT2D eigenvalue weighted by Gasteiger charge is 2.25. The molecular formula is C16H16N4OS. The summed E-state index contributed by atoms with van der Waals surface area (Å²) in [7, 11) is 1.69. The largest absolute Gasteiger partial charge is 0.496 e. The summed E-state index contributed by atoms with van der Waals surface area (Å²) in [6.45, 7) is 0.946. The maximum absolute atomic E-state index is 5.43. The van der Waals surface area contributed by atoms with Crippen molar-refractivity contribution in [2.75, 3.05) is 13.7 Å². The summed E-state index contributed by atoms with van der Waals surface area (Å²) in [6.07, 6.45) is 4.70. The summed E-state index contributed by atoms with van der Waals surface area (Å²) < 4.78 is 5.43. The molecule has 0 saturated carbocycles. The van der Waals surface area contributed by atoms with Crippen molar-refractivity contribution in [3.05, 3.63) is 53.1 Å². The number of imidazole rings is 1. The highest BCUT2D eigenvalue weighted by molar-refractivity contribution is 7.15. The van der Waals surface area contributed by atoms with Crippen LogP contribution in [0.4, 0.5) is 0 Å². The third-order valence-electron chi connectivity index (χ3n) is 3.89. The van der Waals surface area contributed by atoms with E-state index in [2.05, 4.69) is 20.3 Å². The summed E-state index contributed by atoms with van der Waals surface area (Å²) in [6, 6.07) is 8.09. The zero-order valence-corrected chi connectivity index (χ0v) is 13.0. The van der Waals surface area contributed by atoms with Gasteiger partial charge in [0, 0.05) is 29.7 Å². The lowest BCUT2D eigenvalue weighted by atomic mass is 10.1. The summed E-state index contributed by atoms with van der Waals surface area (Å²) in [4.78, 5) is 13.5. The lowest BCUT2D eigenvalue weighted by Gasteiger charge is -2.21. The van der Waals surface area contributed by atoms with Crippen molar-refractivity contribution in [3.8, 4) is 16.3 Å². The lowest BCUT2D eigenvalue weighted by Crippen LogP contribution is -2.30. The molecule has 1 aromatic carbocycles. The first-order valence-corrected chi connectivity index (χ1v) is 8.03. The van der Waals surface area contributed by atoms with Crippen LogP contribution in [0.15, 0.2) is 36.8 Å². The number of para-hydroxylation sites is 1. The van der Waals surface area contributed by atoms with Gasteiger partial charge in [-0.1, -0.05) is 12.1 Å². The number of hydrogen-bond acceptors (Lipinski definition) is 5. The molecule has 0 aliphatic carbocycles. The van der Waals surface area contributed by atoms with Gasteiger partial charge >= 0.3 is 0 Å². The fraction of sp³-hybridized carbons (Fsp3) is 0.250. The highest BCUT2D eigenvalue weighted by atomic mass is 32.1. The molecule has 0 fully saturated rings. The van der Waals surface area contributed by atoms with Crippen molar-refractivity contribution in [1.82, 2.24) is 20.3 Å². The monoisotopic (exact) mass is 312 g/mol. The Morgan fingerprint density at radius 1 is 1.27 bits per heavy atom. The van der Waals surface area contributed by atoms with E-state index in [1.54, 1.807) is 24.8 Å². The number of nitrogens with one attached hydrogen (secondary N) is 2. The summed E-state index contributed by atoms with van der Waals surface area (Å²) >= 11 is 1.68. The van der Waals surface area contributed by atoms with Gasteiger partial charge in [-0.05, 0) is 12.1 Å². The summed E-state index contributed by atoms with van der Waals surface area (Å²) in [5.41, 5.74) is 3.33. The molecule has 0 bridgehead atoms. The van der Waals surface area contributed by atoms with E-state index in [1.165, 1.54) is 10.6 Å². The minimum atomic E-state index is 0.121. The molecule has 1 aliphatic rings. The molecule has 6 heteroatoms. The number of rotatable bonds is 3. The molecule has 0 saturated heterocycles. The SMILES string of the molecule is COc1ccccc1-c1ncc(C2NCCc3[nH]cnc32)s1. The van der Waals surface area contributed by atoms with Gasteiger partial charge in [-0.15, -0.1) is 11.3 Å². The zero-order valence-electron chi connectivity index (χ0n) is 12.2. The van der Waals surface area contributed by atoms with Crippen molar-refractivity contribution in [3.63, 3.8) is 0 Å². The van der Waals surface area contributed by atoms with Crippen LogP contribution in [0.2, 0.25) is 0 Å². The molecule has 0 amide bonds. The van der Waals surface area contributed by atoms with Crippen LogP contribution in [0.25, 0.3) is 10.6 Å². The van der Waals surface area contributed by atoms with Crippen LogP contribution < -0.4 is 10.1 Å². The lowest BCUT2D eigenvalue weighted by molar-refractivity contribution is 0.416. The minimum Gasteiger partial charge on any atom is -0.496 e. The molecule has 0 spiro atoms. The fourth-order valence-electron chi connectivity index (χ4n) is 2.82. The van der Waals surface area contributed by atoms with Crippen LogP contribution in [0, 0.1) is 0 Å². The molecule has 2 aromatic heterocycles. The normalized spacial score (nSPS) is 17.2. The molecule has 112 valence electrons. The smallest absolute Gasteiger partial charge is 0.129 e. The van der Waals surface area contributed by atoms with Crippen molar-refractivity contribution in [2.45, 2.75) is 12.5 Å². The Bertz CT molecular complexity index is 795. The first kappa shape index (κ1) is 13.5. The number of methoxy groups -OCH3 is 1. The number of benzene rings is 1. The van der Waals surface area contributed by atoms with Gasteiger partial charge in [-0.3, -0.25) is 0 Å². The minimum absolute atomic E-state index is 0.121. The predicted molar refractivity (Wildman–Crippen MR) is 86.2 cm³/mol. The Labute approximate surface area is 132 Å². The Balaban J connectivity index is 1.71. The van der Waals surface area contributed by atoms with Crippen molar-refractivity contribution in [1.29, 1.82) is 0 Å². The van der Waals surface area contributed by atoms with Gasteiger partial charge in [0.15, 0.2) is 0 Å². The molecule has 0 radical (unpaired) electrons. The molecule has 5 nitrogen and oxygen atoms in total. The van der Waals surface area contributed by atoms with E-state index in [0.29, 0.717) is 0 Å².